The fraction of sp³-hybridized carbons (Fsp3) is 0.600. The van der Waals surface area contributed by atoms with Gasteiger partial charge in [-0.3, -0.25) is 4.90 Å². The third kappa shape index (κ3) is 3.56. The van der Waals surface area contributed by atoms with Crippen LogP contribution in [0.25, 0.3) is 0 Å². The molecule has 1 aromatic rings. The van der Waals surface area contributed by atoms with E-state index in [1.54, 1.807) is 12.1 Å². The zero-order valence-electron chi connectivity index (χ0n) is 12.2. The van der Waals surface area contributed by atoms with Crippen LogP contribution in [0.2, 0.25) is 0 Å². The highest BCUT2D eigenvalue weighted by Gasteiger charge is 2.41. The van der Waals surface area contributed by atoms with Gasteiger partial charge < -0.3 is 5.11 Å². The SMILES string of the molecule is CS(=O)(=O)N[C@H]1C[C@H]2CC[C@@H](C1)N2Cc1ccc(O)cc1. The number of aromatic hydroxyl groups is 1. The van der Waals surface area contributed by atoms with Gasteiger partial charge in [0.25, 0.3) is 0 Å². The number of nitrogens with zero attached hydrogens (tertiary/aromatic N) is 1. The minimum Gasteiger partial charge on any atom is -0.508 e. The summed E-state index contributed by atoms with van der Waals surface area (Å²) < 4.78 is 25.5. The minimum absolute atomic E-state index is 0.0774. The predicted octanol–water partition coefficient (Wildman–Crippen LogP) is 1.44. The van der Waals surface area contributed by atoms with Gasteiger partial charge in [-0.15, -0.1) is 0 Å². The van der Waals surface area contributed by atoms with Crippen molar-refractivity contribution in [2.24, 2.45) is 0 Å². The molecule has 0 spiro atoms. The van der Waals surface area contributed by atoms with Crippen LogP contribution in [-0.4, -0.2) is 42.8 Å². The molecule has 2 saturated heterocycles. The van der Waals surface area contributed by atoms with E-state index in [0.29, 0.717) is 12.1 Å². The van der Waals surface area contributed by atoms with Crippen molar-refractivity contribution in [1.82, 2.24) is 9.62 Å². The van der Waals surface area contributed by atoms with Gasteiger partial charge >= 0.3 is 0 Å². The van der Waals surface area contributed by atoms with Crippen LogP contribution in [0.4, 0.5) is 0 Å². The van der Waals surface area contributed by atoms with E-state index in [4.69, 9.17) is 0 Å². The van der Waals surface area contributed by atoms with Crippen molar-refractivity contribution in [3.63, 3.8) is 0 Å². The number of fused-ring (bicyclic) bond motifs is 2. The summed E-state index contributed by atoms with van der Waals surface area (Å²) in [6.07, 6.45) is 5.30. The highest BCUT2D eigenvalue weighted by atomic mass is 32.2. The third-order valence-corrected chi connectivity index (χ3v) is 5.33. The average Bonchev–Trinajstić information content (AvgIpc) is 2.62. The van der Waals surface area contributed by atoms with Crippen molar-refractivity contribution in [2.45, 2.75) is 50.4 Å². The van der Waals surface area contributed by atoms with Crippen LogP contribution < -0.4 is 4.72 Å². The first-order valence-corrected chi connectivity index (χ1v) is 9.31. The molecule has 6 heteroatoms. The molecule has 2 aliphatic rings. The van der Waals surface area contributed by atoms with Crippen LogP contribution in [-0.2, 0) is 16.6 Å². The summed E-state index contributed by atoms with van der Waals surface area (Å²) >= 11 is 0. The van der Waals surface area contributed by atoms with Crippen LogP contribution in [0.5, 0.6) is 5.75 Å². The molecule has 1 aromatic carbocycles. The Morgan fingerprint density at radius 2 is 1.76 bits per heavy atom. The van der Waals surface area contributed by atoms with E-state index in [2.05, 4.69) is 9.62 Å². The van der Waals surface area contributed by atoms with Crippen LogP contribution in [0.15, 0.2) is 24.3 Å². The molecule has 3 atom stereocenters. The van der Waals surface area contributed by atoms with Crippen molar-refractivity contribution in [3.8, 4) is 5.75 Å². The number of phenolic OH excluding ortho intramolecular Hbond substituents is 1. The molecule has 5 nitrogen and oxygen atoms in total. The van der Waals surface area contributed by atoms with E-state index in [9.17, 15) is 13.5 Å². The summed E-state index contributed by atoms with van der Waals surface area (Å²) in [5.41, 5.74) is 1.19. The normalized spacial score (nSPS) is 29.7. The van der Waals surface area contributed by atoms with Crippen LogP contribution in [0.1, 0.15) is 31.2 Å². The molecular formula is C15H22N2O3S. The van der Waals surface area contributed by atoms with Crippen LogP contribution in [0, 0.1) is 0 Å². The molecule has 2 fully saturated rings. The van der Waals surface area contributed by atoms with Crippen molar-refractivity contribution in [1.29, 1.82) is 0 Å². The first-order chi connectivity index (χ1) is 9.90. The molecule has 2 N–H and O–H groups in total. The number of hydrogen-bond donors (Lipinski definition) is 2. The number of piperidine rings is 1. The second-order valence-electron chi connectivity index (χ2n) is 6.28. The number of hydrogen-bond acceptors (Lipinski definition) is 4. The Morgan fingerprint density at radius 1 is 1.19 bits per heavy atom. The summed E-state index contributed by atoms with van der Waals surface area (Å²) in [5.74, 6) is 0.290. The quantitative estimate of drug-likeness (QED) is 0.883. The zero-order chi connectivity index (χ0) is 15.0. The summed E-state index contributed by atoms with van der Waals surface area (Å²) in [4.78, 5) is 2.49. The van der Waals surface area contributed by atoms with E-state index in [-0.39, 0.29) is 11.8 Å². The van der Waals surface area contributed by atoms with E-state index in [1.807, 2.05) is 12.1 Å². The lowest BCUT2D eigenvalue weighted by molar-refractivity contribution is 0.116. The van der Waals surface area contributed by atoms with Crippen molar-refractivity contribution in [3.05, 3.63) is 29.8 Å². The van der Waals surface area contributed by atoms with E-state index >= 15 is 0 Å². The molecule has 0 aliphatic carbocycles. The smallest absolute Gasteiger partial charge is 0.208 e. The van der Waals surface area contributed by atoms with Crippen LogP contribution in [0.3, 0.4) is 0 Å². The van der Waals surface area contributed by atoms with Crippen molar-refractivity contribution >= 4 is 10.0 Å². The van der Waals surface area contributed by atoms with Gasteiger partial charge in [0.1, 0.15) is 5.75 Å². The number of phenols is 1. The molecule has 3 rings (SSSR count). The monoisotopic (exact) mass is 310 g/mol. The van der Waals surface area contributed by atoms with Gasteiger partial charge in [-0.05, 0) is 43.4 Å². The van der Waals surface area contributed by atoms with Gasteiger partial charge in [0.2, 0.25) is 10.0 Å². The molecule has 116 valence electrons. The van der Waals surface area contributed by atoms with Gasteiger partial charge in [0.05, 0.1) is 6.26 Å². The second-order valence-corrected chi connectivity index (χ2v) is 8.06. The van der Waals surface area contributed by atoms with Gasteiger partial charge in [-0.1, -0.05) is 12.1 Å². The fourth-order valence-corrected chi connectivity index (χ4v) is 4.54. The fourth-order valence-electron chi connectivity index (χ4n) is 3.74. The van der Waals surface area contributed by atoms with E-state index < -0.39 is 10.0 Å². The van der Waals surface area contributed by atoms with Crippen molar-refractivity contribution in [2.75, 3.05) is 6.26 Å². The van der Waals surface area contributed by atoms with Crippen LogP contribution >= 0.6 is 0 Å². The lowest BCUT2D eigenvalue weighted by Gasteiger charge is -2.39. The Labute approximate surface area is 126 Å². The Morgan fingerprint density at radius 3 is 2.29 bits per heavy atom. The molecular weight excluding hydrogens is 288 g/mol. The minimum atomic E-state index is -3.12. The molecule has 0 amide bonds. The molecule has 0 saturated carbocycles. The maximum atomic E-state index is 11.4. The highest BCUT2D eigenvalue weighted by Crippen LogP contribution is 2.37. The summed E-state index contributed by atoms with van der Waals surface area (Å²) in [5, 5.41) is 9.34. The molecule has 21 heavy (non-hydrogen) atoms. The average molecular weight is 310 g/mol. The maximum Gasteiger partial charge on any atom is 0.208 e. The van der Waals surface area contributed by atoms with Crippen molar-refractivity contribution < 1.29 is 13.5 Å². The number of rotatable bonds is 4. The predicted molar refractivity (Wildman–Crippen MR) is 81.5 cm³/mol. The Bertz CT molecular complexity index is 586. The zero-order valence-corrected chi connectivity index (χ0v) is 13.0. The second kappa shape index (κ2) is 5.59. The molecule has 2 aliphatic heterocycles. The maximum absolute atomic E-state index is 11.4. The first-order valence-electron chi connectivity index (χ1n) is 7.42. The largest absolute Gasteiger partial charge is 0.508 e. The highest BCUT2D eigenvalue weighted by molar-refractivity contribution is 7.88. The third-order valence-electron chi connectivity index (χ3n) is 4.57. The summed E-state index contributed by atoms with van der Waals surface area (Å²) in [6.45, 7) is 0.876. The summed E-state index contributed by atoms with van der Waals surface area (Å²) in [7, 11) is -3.12. The number of benzene rings is 1. The summed E-state index contributed by atoms with van der Waals surface area (Å²) in [6, 6.07) is 8.33. The number of sulfonamides is 1. The first kappa shape index (κ1) is 14.8. The molecule has 2 heterocycles. The van der Waals surface area contributed by atoms with Gasteiger partial charge in [0, 0.05) is 24.7 Å². The molecule has 0 unspecified atom stereocenters. The standard InChI is InChI=1S/C15H22N2O3S/c1-21(19,20)16-12-8-13-4-5-14(9-12)17(13)10-11-2-6-15(18)7-3-11/h2-3,6-7,12-14,16,18H,4-5,8-10H2,1H3/t12-,13+,14-. The molecule has 0 radical (unpaired) electrons. The Kier molecular flexibility index (Phi) is 3.94. The van der Waals surface area contributed by atoms with E-state index in [1.165, 1.54) is 11.8 Å². The van der Waals surface area contributed by atoms with Gasteiger partial charge in [-0.2, -0.15) is 0 Å². The molecule has 0 aromatic heterocycles. The topological polar surface area (TPSA) is 69.6 Å². The number of nitrogens with one attached hydrogen (secondary N) is 1. The van der Waals surface area contributed by atoms with Gasteiger partial charge in [0.15, 0.2) is 0 Å². The van der Waals surface area contributed by atoms with Gasteiger partial charge in [-0.25, -0.2) is 13.1 Å². The lowest BCUT2D eigenvalue weighted by Crippen LogP contribution is -2.49. The Hall–Kier alpha value is -1.11. The van der Waals surface area contributed by atoms with E-state index in [0.717, 1.165) is 32.2 Å². The Balaban J connectivity index is 1.66. The lowest BCUT2D eigenvalue weighted by atomic mass is 9.97. The molecule has 2 bridgehead atoms.